The molecule has 0 fully saturated rings. The fraction of sp³-hybridized carbons (Fsp3) is 0.357. The van der Waals surface area contributed by atoms with Gasteiger partial charge < -0.3 is 20.5 Å². The molecule has 0 spiro atoms. The highest BCUT2D eigenvalue weighted by Crippen LogP contribution is 2.28. The molecule has 2 amide bonds. The van der Waals surface area contributed by atoms with Crippen LogP contribution >= 0.6 is 15.9 Å². The topological polar surface area (TPSA) is 105 Å². The zero-order chi connectivity index (χ0) is 16.9. The second-order valence-electron chi connectivity index (χ2n) is 4.60. The lowest BCUT2D eigenvalue weighted by Crippen LogP contribution is -2.46. The number of halogens is 1. The van der Waals surface area contributed by atoms with E-state index in [1.807, 2.05) is 0 Å². The van der Waals surface area contributed by atoms with Gasteiger partial charge in [0, 0.05) is 6.92 Å². The summed E-state index contributed by atoms with van der Waals surface area (Å²) in [5.41, 5.74) is 0.378. The van der Waals surface area contributed by atoms with E-state index in [2.05, 4.69) is 26.6 Å². The summed E-state index contributed by atoms with van der Waals surface area (Å²) in [5.74, 6) is -1.62. The quantitative estimate of drug-likeness (QED) is 0.696. The molecule has 22 heavy (non-hydrogen) atoms. The van der Waals surface area contributed by atoms with Crippen LogP contribution in [-0.4, -0.2) is 36.0 Å². The largest absolute Gasteiger partial charge is 0.496 e. The van der Waals surface area contributed by atoms with E-state index >= 15 is 0 Å². The van der Waals surface area contributed by atoms with Crippen LogP contribution in [-0.2, 0) is 14.4 Å². The zero-order valence-electron chi connectivity index (χ0n) is 12.3. The lowest BCUT2D eigenvalue weighted by molar-refractivity contribution is -0.142. The van der Waals surface area contributed by atoms with Crippen molar-refractivity contribution < 1.29 is 24.2 Å². The van der Waals surface area contributed by atoms with E-state index in [4.69, 9.17) is 4.74 Å². The minimum absolute atomic E-state index is 0.373. The molecule has 3 N–H and O–H groups in total. The fourth-order valence-corrected chi connectivity index (χ4v) is 2.35. The highest BCUT2D eigenvalue weighted by atomic mass is 79.9. The van der Waals surface area contributed by atoms with Gasteiger partial charge in [-0.05, 0) is 40.5 Å². The molecule has 0 bridgehead atoms. The third-order valence-electron chi connectivity index (χ3n) is 2.86. The predicted molar refractivity (Wildman–Crippen MR) is 82.5 cm³/mol. The van der Waals surface area contributed by atoms with Gasteiger partial charge in [-0.15, -0.1) is 0 Å². The molecule has 1 rings (SSSR count). The summed E-state index contributed by atoms with van der Waals surface area (Å²) in [4.78, 5) is 34.3. The Labute approximate surface area is 136 Å². The maximum atomic E-state index is 11.9. The van der Waals surface area contributed by atoms with Crippen molar-refractivity contribution in [2.45, 2.75) is 25.9 Å². The minimum atomic E-state index is -1.23. The van der Waals surface area contributed by atoms with Crippen LogP contribution in [0.4, 0.5) is 0 Å². The number of carboxylic acids is 1. The highest BCUT2D eigenvalue weighted by molar-refractivity contribution is 9.10. The van der Waals surface area contributed by atoms with Gasteiger partial charge in [-0.1, -0.05) is 6.07 Å². The number of methoxy groups -OCH3 is 1. The van der Waals surface area contributed by atoms with Crippen LogP contribution in [0.2, 0.25) is 0 Å². The molecule has 1 aromatic rings. The van der Waals surface area contributed by atoms with Crippen molar-refractivity contribution in [2.75, 3.05) is 7.11 Å². The summed E-state index contributed by atoms with van der Waals surface area (Å²) < 4.78 is 5.65. The summed E-state index contributed by atoms with van der Waals surface area (Å²) in [5, 5.41) is 14.1. The molecular weight excluding hydrogens is 356 g/mol. The van der Waals surface area contributed by atoms with Gasteiger partial charge >= 0.3 is 5.97 Å². The van der Waals surface area contributed by atoms with Crippen molar-refractivity contribution in [3.8, 4) is 5.75 Å². The van der Waals surface area contributed by atoms with E-state index in [1.54, 1.807) is 18.2 Å². The molecule has 2 atom stereocenters. The number of aliphatic carboxylic acids is 1. The number of hydrogen-bond donors (Lipinski definition) is 3. The summed E-state index contributed by atoms with van der Waals surface area (Å²) in [6, 6.07) is 2.64. The molecule has 0 heterocycles. The zero-order valence-corrected chi connectivity index (χ0v) is 13.9. The fourth-order valence-electron chi connectivity index (χ4n) is 1.79. The highest BCUT2D eigenvalue weighted by Gasteiger charge is 2.25. The number of carbonyl (C=O) groups excluding carboxylic acids is 2. The molecule has 0 aliphatic heterocycles. The Morgan fingerprint density at radius 2 is 1.91 bits per heavy atom. The molecule has 0 aromatic heterocycles. The Balaban J connectivity index is 2.95. The van der Waals surface area contributed by atoms with Gasteiger partial charge in [0.15, 0.2) is 6.04 Å². The first kappa shape index (κ1) is 18.0. The number of carboxylic acid groups (broad SMARTS) is 1. The van der Waals surface area contributed by atoms with Crippen molar-refractivity contribution in [3.05, 3.63) is 28.2 Å². The van der Waals surface area contributed by atoms with Crippen LogP contribution in [0.5, 0.6) is 5.75 Å². The molecule has 7 nitrogen and oxygen atoms in total. The molecule has 0 aliphatic rings. The smallest absolute Gasteiger partial charge is 0.330 e. The van der Waals surface area contributed by atoms with Crippen molar-refractivity contribution in [1.82, 2.24) is 10.6 Å². The number of nitrogens with one attached hydrogen (secondary N) is 2. The van der Waals surface area contributed by atoms with Crippen molar-refractivity contribution in [2.24, 2.45) is 0 Å². The van der Waals surface area contributed by atoms with Crippen LogP contribution in [0.25, 0.3) is 0 Å². The first-order chi connectivity index (χ1) is 10.3. The van der Waals surface area contributed by atoms with Crippen molar-refractivity contribution in [3.63, 3.8) is 0 Å². The van der Waals surface area contributed by atoms with E-state index in [1.165, 1.54) is 21.0 Å². The van der Waals surface area contributed by atoms with Gasteiger partial charge in [-0.2, -0.15) is 0 Å². The van der Waals surface area contributed by atoms with Crippen molar-refractivity contribution in [1.29, 1.82) is 0 Å². The van der Waals surface area contributed by atoms with Crippen LogP contribution in [0.15, 0.2) is 22.7 Å². The average molecular weight is 373 g/mol. The third-order valence-corrected chi connectivity index (χ3v) is 3.48. The molecule has 120 valence electrons. The van der Waals surface area contributed by atoms with Crippen LogP contribution < -0.4 is 15.4 Å². The van der Waals surface area contributed by atoms with Gasteiger partial charge in [-0.25, -0.2) is 4.79 Å². The van der Waals surface area contributed by atoms with E-state index in [0.717, 1.165) is 0 Å². The Morgan fingerprint density at radius 3 is 2.36 bits per heavy atom. The van der Waals surface area contributed by atoms with Gasteiger partial charge in [0.1, 0.15) is 11.8 Å². The van der Waals surface area contributed by atoms with Crippen LogP contribution in [0.3, 0.4) is 0 Å². The van der Waals surface area contributed by atoms with Crippen molar-refractivity contribution >= 4 is 33.7 Å². The first-order valence-electron chi connectivity index (χ1n) is 6.40. The lowest BCUT2D eigenvalue weighted by Gasteiger charge is -2.19. The molecule has 2 unspecified atom stereocenters. The minimum Gasteiger partial charge on any atom is -0.496 e. The second-order valence-corrected chi connectivity index (χ2v) is 5.45. The van der Waals surface area contributed by atoms with E-state index in [0.29, 0.717) is 15.8 Å². The Kier molecular flexibility index (Phi) is 6.36. The second kappa shape index (κ2) is 7.79. The number of rotatable bonds is 6. The Bertz CT molecular complexity index is 591. The Morgan fingerprint density at radius 1 is 1.27 bits per heavy atom. The van der Waals surface area contributed by atoms with Crippen LogP contribution in [0, 0.1) is 0 Å². The molecule has 0 radical (unpaired) electrons. The molecule has 0 aliphatic carbocycles. The first-order valence-corrected chi connectivity index (χ1v) is 7.19. The molecule has 1 aromatic carbocycles. The van der Waals surface area contributed by atoms with Gasteiger partial charge in [0.25, 0.3) is 0 Å². The third kappa shape index (κ3) is 4.73. The standard InChI is InChI=1S/C14H17BrN2O5/c1-7(16-8(2)18)13(19)17-12(14(20)21)9-4-5-11(22-3)10(15)6-9/h4-7,12H,1-3H3,(H,16,18)(H,17,19)(H,20,21). The predicted octanol–water partition coefficient (Wildman–Crippen LogP) is 1.22. The summed E-state index contributed by atoms with van der Waals surface area (Å²) >= 11 is 3.26. The monoisotopic (exact) mass is 372 g/mol. The van der Waals surface area contributed by atoms with Gasteiger partial charge in [0.2, 0.25) is 11.8 Å². The number of ether oxygens (including phenoxy) is 1. The summed E-state index contributed by atoms with van der Waals surface area (Å²) in [7, 11) is 1.49. The Hall–Kier alpha value is -2.09. The average Bonchev–Trinajstić information content (AvgIpc) is 2.43. The normalized spacial score (nSPS) is 12.9. The SMILES string of the molecule is COc1ccc(C(NC(=O)C(C)NC(C)=O)C(=O)O)cc1Br. The summed E-state index contributed by atoms with van der Waals surface area (Å²) in [6.45, 7) is 2.75. The number of hydrogen-bond acceptors (Lipinski definition) is 4. The molecule has 0 saturated carbocycles. The van der Waals surface area contributed by atoms with Crippen LogP contribution in [0.1, 0.15) is 25.5 Å². The number of carbonyl (C=O) groups is 3. The molecule has 0 saturated heterocycles. The van der Waals surface area contributed by atoms with E-state index in [-0.39, 0.29) is 5.91 Å². The number of benzene rings is 1. The molecule has 8 heteroatoms. The molecular formula is C14H17BrN2O5. The summed E-state index contributed by atoms with van der Waals surface area (Å²) in [6.07, 6.45) is 0. The van der Waals surface area contributed by atoms with Gasteiger partial charge in [0.05, 0.1) is 11.6 Å². The maximum absolute atomic E-state index is 11.9. The van der Waals surface area contributed by atoms with E-state index < -0.39 is 24.0 Å². The van der Waals surface area contributed by atoms with E-state index in [9.17, 15) is 19.5 Å². The van der Waals surface area contributed by atoms with Gasteiger partial charge in [-0.3, -0.25) is 9.59 Å². The maximum Gasteiger partial charge on any atom is 0.330 e. The number of amides is 2. The lowest BCUT2D eigenvalue weighted by atomic mass is 10.1.